The van der Waals surface area contributed by atoms with Gasteiger partial charge in [0.05, 0.1) is 29.1 Å². The second-order valence-corrected chi connectivity index (χ2v) is 12.6. The first-order valence-electron chi connectivity index (χ1n) is 10.1. The smallest absolute Gasteiger partial charge is 0.274 e. The number of nitrogens with two attached hydrogens (primary N) is 1. The van der Waals surface area contributed by atoms with Crippen molar-refractivity contribution in [2.45, 2.75) is 11.8 Å². The fourth-order valence-corrected chi connectivity index (χ4v) is 6.80. The summed E-state index contributed by atoms with van der Waals surface area (Å²) in [6.45, 7) is -0.502. The first-order valence-corrected chi connectivity index (χ1v) is 14.6. The number of sulfone groups is 1. The quantitative estimate of drug-likeness (QED) is 0.289. The van der Waals surface area contributed by atoms with Crippen LogP contribution in [0, 0.1) is 5.82 Å². The van der Waals surface area contributed by atoms with E-state index >= 15 is 0 Å². The second-order valence-electron chi connectivity index (χ2n) is 7.53. The van der Waals surface area contributed by atoms with E-state index in [0.29, 0.717) is 21.3 Å². The van der Waals surface area contributed by atoms with Crippen LogP contribution in [0.4, 0.5) is 4.39 Å². The third-order valence-corrected chi connectivity index (χ3v) is 8.76. The number of ether oxygens (including phenoxy) is 1. The molecule has 192 valence electrons. The molecule has 0 aliphatic heterocycles. The van der Waals surface area contributed by atoms with Gasteiger partial charge in [0.25, 0.3) is 10.2 Å². The topological polar surface area (TPSA) is 167 Å². The Morgan fingerprint density at radius 3 is 2.64 bits per heavy atom. The molecule has 4 rings (SSSR count). The van der Waals surface area contributed by atoms with Gasteiger partial charge in [-0.05, 0) is 41.5 Å². The molecule has 2 aromatic heterocycles. The zero-order valence-corrected chi connectivity index (χ0v) is 21.7. The lowest BCUT2D eigenvalue weighted by Gasteiger charge is -2.11. The SMILES string of the molecule is COCCS(=O)(=O)C(c1nnc(CNS(N)(=O)=O)o1)c1nc2ccc(-c3cc(F)cc(Cl)c3)cc2s1. The van der Waals surface area contributed by atoms with Crippen LogP contribution in [0.5, 0.6) is 0 Å². The van der Waals surface area contributed by atoms with Gasteiger partial charge in [-0.3, -0.25) is 0 Å². The van der Waals surface area contributed by atoms with Crippen molar-refractivity contribution >= 4 is 53.2 Å². The number of hydrogen-bond donors (Lipinski definition) is 2. The van der Waals surface area contributed by atoms with Gasteiger partial charge >= 0.3 is 0 Å². The molecule has 3 N–H and O–H groups in total. The van der Waals surface area contributed by atoms with Gasteiger partial charge in [0.15, 0.2) is 15.1 Å². The number of aromatic nitrogens is 3. The van der Waals surface area contributed by atoms with E-state index < -0.39 is 37.7 Å². The van der Waals surface area contributed by atoms with E-state index in [1.165, 1.54) is 19.2 Å². The van der Waals surface area contributed by atoms with Gasteiger partial charge in [-0.1, -0.05) is 17.7 Å². The molecule has 2 heterocycles. The Bertz CT molecular complexity index is 1600. The number of halogens is 2. The molecule has 11 nitrogen and oxygen atoms in total. The monoisotopic (exact) mass is 575 g/mol. The molecule has 0 spiro atoms. The van der Waals surface area contributed by atoms with E-state index in [1.807, 2.05) is 4.72 Å². The minimum Gasteiger partial charge on any atom is -0.422 e. The number of benzene rings is 2. The van der Waals surface area contributed by atoms with E-state index in [1.54, 1.807) is 24.3 Å². The van der Waals surface area contributed by atoms with Crippen molar-refractivity contribution in [2.75, 3.05) is 19.5 Å². The fourth-order valence-electron chi connectivity index (χ4n) is 3.29. The Hall–Kier alpha value is -2.53. The largest absolute Gasteiger partial charge is 0.422 e. The lowest BCUT2D eigenvalue weighted by Crippen LogP contribution is -2.30. The van der Waals surface area contributed by atoms with Crippen LogP contribution < -0.4 is 9.86 Å². The number of nitrogens with zero attached hydrogens (tertiary/aromatic N) is 3. The third-order valence-electron chi connectivity index (χ3n) is 4.89. The van der Waals surface area contributed by atoms with Crippen LogP contribution in [0.2, 0.25) is 5.02 Å². The van der Waals surface area contributed by atoms with Gasteiger partial charge in [-0.15, -0.1) is 21.5 Å². The standard InChI is InChI=1S/C20H19ClFN5O6S3/c1-32-4-5-35(28,29)18(19-27-26-17(33-19)10-24-36(23,30)31)20-25-15-3-2-11(8-16(15)34-20)12-6-13(21)9-14(22)7-12/h2-3,6-9,18,24H,4-5,10H2,1H3,(H2,23,30,31). The van der Waals surface area contributed by atoms with Gasteiger partial charge in [-0.25, -0.2) is 22.9 Å². The Morgan fingerprint density at radius 2 is 1.94 bits per heavy atom. The predicted octanol–water partition coefficient (Wildman–Crippen LogP) is 2.58. The van der Waals surface area contributed by atoms with Crippen LogP contribution in [0.15, 0.2) is 40.8 Å². The molecule has 36 heavy (non-hydrogen) atoms. The Kier molecular flexibility index (Phi) is 7.70. The molecule has 0 aliphatic rings. The highest BCUT2D eigenvalue weighted by Gasteiger charge is 2.36. The summed E-state index contributed by atoms with van der Waals surface area (Å²) in [5.41, 5.74) is 1.71. The van der Waals surface area contributed by atoms with Crippen molar-refractivity contribution in [3.8, 4) is 11.1 Å². The van der Waals surface area contributed by atoms with Crippen molar-refractivity contribution in [3.05, 3.63) is 64.0 Å². The summed E-state index contributed by atoms with van der Waals surface area (Å²) in [6, 6.07) is 9.28. The van der Waals surface area contributed by atoms with Crippen LogP contribution in [0.3, 0.4) is 0 Å². The summed E-state index contributed by atoms with van der Waals surface area (Å²) in [5, 5.41) is 11.4. The molecule has 16 heteroatoms. The van der Waals surface area contributed by atoms with E-state index in [0.717, 1.165) is 11.3 Å². The summed E-state index contributed by atoms with van der Waals surface area (Å²) in [7, 11) is -6.61. The number of thiazole rings is 1. The maximum Gasteiger partial charge on any atom is 0.274 e. The predicted molar refractivity (Wildman–Crippen MR) is 132 cm³/mol. The van der Waals surface area contributed by atoms with E-state index in [2.05, 4.69) is 15.2 Å². The molecular formula is C20H19ClFN5O6S3. The van der Waals surface area contributed by atoms with Gasteiger partial charge in [0.2, 0.25) is 11.8 Å². The summed E-state index contributed by atoms with van der Waals surface area (Å²) in [4.78, 5) is 4.47. The molecule has 1 atom stereocenters. The first-order chi connectivity index (χ1) is 16.9. The van der Waals surface area contributed by atoms with Crippen molar-refractivity contribution in [1.82, 2.24) is 19.9 Å². The average Bonchev–Trinajstić information content (AvgIpc) is 3.41. The van der Waals surface area contributed by atoms with Crippen molar-refractivity contribution in [1.29, 1.82) is 0 Å². The highest BCUT2D eigenvalue weighted by atomic mass is 35.5. The summed E-state index contributed by atoms with van der Waals surface area (Å²) < 4.78 is 75.6. The number of rotatable bonds is 10. The van der Waals surface area contributed by atoms with E-state index in [9.17, 15) is 21.2 Å². The molecule has 2 aromatic carbocycles. The van der Waals surface area contributed by atoms with Crippen molar-refractivity contribution < 1.29 is 30.4 Å². The number of nitrogens with one attached hydrogen (secondary N) is 1. The summed E-state index contributed by atoms with van der Waals surface area (Å²) >= 11 is 7.07. The molecular weight excluding hydrogens is 557 g/mol. The molecule has 0 bridgehead atoms. The molecule has 0 saturated carbocycles. The minimum absolute atomic E-state index is 0.0812. The van der Waals surface area contributed by atoms with Gasteiger partial charge < -0.3 is 9.15 Å². The van der Waals surface area contributed by atoms with Crippen molar-refractivity contribution in [3.63, 3.8) is 0 Å². The molecule has 0 fully saturated rings. The lowest BCUT2D eigenvalue weighted by molar-refractivity contribution is 0.217. The van der Waals surface area contributed by atoms with Crippen LogP contribution in [0.25, 0.3) is 21.3 Å². The highest BCUT2D eigenvalue weighted by molar-refractivity contribution is 7.92. The van der Waals surface area contributed by atoms with Crippen molar-refractivity contribution in [2.24, 2.45) is 5.14 Å². The summed E-state index contributed by atoms with van der Waals surface area (Å²) in [6.07, 6.45) is 0. The zero-order chi connectivity index (χ0) is 26.1. The van der Waals surface area contributed by atoms with Crippen LogP contribution in [0.1, 0.15) is 22.0 Å². The average molecular weight is 576 g/mol. The third kappa shape index (κ3) is 6.23. The highest BCUT2D eigenvalue weighted by Crippen LogP contribution is 2.37. The van der Waals surface area contributed by atoms with Crippen LogP contribution in [-0.4, -0.2) is 51.5 Å². The number of methoxy groups -OCH3 is 1. The maximum atomic E-state index is 13.8. The Balaban J connectivity index is 1.75. The second kappa shape index (κ2) is 10.5. The lowest BCUT2D eigenvalue weighted by atomic mass is 10.1. The normalized spacial score (nSPS) is 13.3. The van der Waals surface area contributed by atoms with E-state index in [-0.39, 0.29) is 34.2 Å². The molecule has 4 aromatic rings. The number of fused-ring (bicyclic) bond motifs is 1. The van der Waals surface area contributed by atoms with Crippen LogP contribution >= 0.6 is 22.9 Å². The Labute approximate surface area is 214 Å². The summed E-state index contributed by atoms with van der Waals surface area (Å²) in [5.74, 6) is -1.31. The minimum atomic E-state index is -4.03. The Morgan fingerprint density at radius 1 is 1.17 bits per heavy atom. The molecule has 0 radical (unpaired) electrons. The molecule has 0 amide bonds. The first kappa shape index (κ1) is 26.5. The fraction of sp³-hybridized carbons (Fsp3) is 0.250. The van der Waals surface area contributed by atoms with Crippen LogP contribution in [-0.2, 0) is 31.3 Å². The molecule has 1 unspecified atom stereocenters. The van der Waals surface area contributed by atoms with Gasteiger partial charge in [0, 0.05) is 12.1 Å². The zero-order valence-electron chi connectivity index (χ0n) is 18.5. The molecule has 0 aliphatic carbocycles. The van der Waals surface area contributed by atoms with Gasteiger partial charge in [-0.2, -0.15) is 13.1 Å². The van der Waals surface area contributed by atoms with E-state index in [4.69, 9.17) is 25.9 Å². The van der Waals surface area contributed by atoms with Gasteiger partial charge in [0.1, 0.15) is 10.8 Å². The molecule has 0 saturated heterocycles. The number of hydrogen-bond acceptors (Lipinski definition) is 10. The maximum absolute atomic E-state index is 13.8.